The van der Waals surface area contributed by atoms with E-state index in [-0.39, 0.29) is 12.4 Å². The minimum atomic E-state index is -1.07. The minimum absolute atomic E-state index is 0.108. The maximum atomic E-state index is 11.9. The van der Waals surface area contributed by atoms with E-state index in [9.17, 15) is 14.7 Å². The fraction of sp³-hybridized carbons (Fsp3) is 0.462. The van der Waals surface area contributed by atoms with Crippen LogP contribution in [0.25, 0.3) is 0 Å². The number of nitrogens with one attached hydrogen (secondary N) is 1. The molecule has 1 atom stereocenters. The van der Waals surface area contributed by atoms with Crippen molar-refractivity contribution >= 4 is 23.8 Å². The summed E-state index contributed by atoms with van der Waals surface area (Å²) < 4.78 is 5.11. The predicted molar refractivity (Wildman–Crippen MR) is 134 cm³/mol. The average molecular weight is 460 g/mol. The Bertz CT molecular complexity index is 795. The first-order chi connectivity index (χ1) is 15.3. The molecule has 32 heavy (non-hydrogen) atoms. The molecule has 2 N–H and O–H groups in total. The highest BCUT2D eigenvalue weighted by atomic mass is 32.2. The lowest BCUT2D eigenvalue weighted by Gasteiger charge is -2.14. The lowest BCUT2D eigenvalue weighted by molar-refractivity contribution is -0.138. The maximum Gasteiger partial charge on any atom is 0.408 e. The van der Waals surface area contributed by atoms with Crippen molar-refractivity contribution in [3.8, 4) is 0 Å². The first-order valence-corrected chi connectivity index (χ1v) is 12.2. The van der Waals surface area contributed by atoms with Gasteiger partial charge in [-0.15, -0.1) is 0 Å². The van der Waals surface area contributed by atoms with Crippen LogP contribution in [-0.2, 0) is 16.1 Å². The van der Waals surface area contributed by atoms with Gasteiger partial charge in [0.2, 0.25) is 0 Å². The highest BCUT2D eigenvalue weighted by Gasteiger charge is 2.20. The van der Waals surface area contributed by atoms with Crippen LogP contribution in [0.4, 0.5) is 4.79 Å². The molecule has 0 saturated heterocycles. The summed E-state index contributed by atoms with van der Waals surface area (Å²) in [5.41, 5.74) is 4.91. The van der Waals surface area contributed by atoms with Crippen LogP contribution in [0.3, 0.4) is 0 Å². The Morgan fingerprint density at radius 2 is 1.62 bits per heavy atom. The van der Waals surface area contributed by atoms with Crippen molar-refractivity contribution in [1.29, 1.82) is 0 Å². The molecule has 0 heterocycles. The second kappa shape index (κ2) is 16.2. The third-order valence-electron chi connectivity index (χ3n) is 4.76. The molecule has 0 aromatic heterocycles. The predicted octanol–water partition coefficient (Wildman–Crippen LogP) is 6.52. The van der Waals surface area contributed by atoms with Gasteiger partial charge in [0, 0.05) is 11.5 Å². The van der Waals surface area contributed by atoms with E-state index < -0.39 is 18.1 Å². The zero-order chi connectivity index (χ0) is 23.8. The summed E-state index contributed by atoms with van der Waals surface area (Å²) >= 11 is 1.48. The van der Waals surface area contributed by atoms with Gasteiger partial charge in [0.15, 0.2) is 0 Å². The van der Waals surface area contributed by atoms with Gasteiger partial charge in [-0.25, -0.2) is 9.59 Å². The number of carboxylic acid groups (broad SMARTS) is 1. The normalized spacial score (nSPS) is 12.8. The van der Waals surface area contributed by atoms with Crippen LogP contribution in [0.5, 0.6) is 0 Å². The molecule has 0 spiro atoms. The molecule has 0 aliphatic carbocycles. The van der Waals surface area contributed by atoms with Gasteiger partial charge in [0.05, 0.1) is 0 Å². The highest BCUT2D eigenvalue weighted by molar-refractivity contribution is 7.99. The van der Waals surface area contributed by atoms with Gasteiger partial charge in [0.1, 0.15) is 12.6 Å². The van der Waals surface area contributed by atoms with E-state index in [1.165, 1.54) is 28.5 Å². The van der Waals surface area contributed by atoms with E-state index in [0.717, 1.165) is 31.2 Å². The molecule has 0 radical (unpaired) electrons. The molecular weight excluding hydrogens is 422 g/mol. The lowest BCUT2D eigenvalue weighted by atomic mass is 10.1. The third kappa shape index (κ3) is 13.8. The molecule has 1 amide bonds. The third-order valence-corrected chi connectivity index (χ3v) is 5.73. The van der Waals surface area contributed by atoms with Crippen LogP contribution in [0.1, 0.15) is 58.9 Å². The Labute approximate surface area is 197 Å². The second-order valence-corrected chi connectivity index (χ2v) is 9.17. The maximum absolute atomic E-state index is 11.9. The fourth-order valence-corrected chi connectivity index (χ4v) is 3.81. The summed E-state index contributed by atoms with van der Waals surface area (Å²) in [6, 6.07) is 8.28. The number of hydrogen-bond acceptors (Lipinski definition) is 4. The fourth-order valence-electron chi connectivity index (χ4n) is 2.81. The monoisotopic (exact) mass is 459 g/mol. The molecule has 0 unspecified atom stereocenters. The van der Waals surface area contributed by atoms with Gasteiger partial charge in [0.25, 0.3) is 0 Å². The summed E-state index contributed by atoms with van der Waals surface area (Å²) in [6.45, 7) is 8.63. The van der Waals surface area contributed by atoms with Gasteiger partial charge in [-0.05, 0) is 58.9 Å². The summed E-state index contributed by atoms with van der Waals surface area (Å²) in [5, 5.41) is 11.8. The standard InChI is InChI=1S/C26H37NO4S/c1-20(2)10-8-11-21(3)12-9-13-22(4)16-17-32-19-24(25(28)29)27-26(30)31-18-23-14-6-5-7-15-23/h5-7,10,12,14-16,24H,8-9,11,13,17-19H2,1-4H3,(H,27,30)(H,28,29)/b21-12+,22-16+/t24-/m0/s1. The van der Waals surface area contributed by atoms with Crippen LogP contribution >= 0.6 is 11.8 Å². The molecule has 0 fully saturated rings. The summed E-state index contributed by atoms with van der Waals surface area (Å²) in [5.74, 6) is -0.0775. The molecule has 6 heteroatoms. The number of benzene rings is 1. The molecule has 0 aliphatic rings. The highest BCUT2D eigenvalue weighted by Crippen LogP contribution is 2.13. The Kier molecular flexibility index (Phi) is 14.0. The number of ether oxygens (including phenoxy) is 1. The molecule has 0 saturated carbocycles. The topological polar surface area (TPSA) is 75.6 Å². The summed E-state index contributed by atoms with van der Waals surface area (Å²) in [7, 11) is 0. The number of thioether (sulfide) groups is 1. The number of hydrogen-bond donors (Lipinski definition) is 2. The number of carbonyl (C=O) groups excluding carboxylic acids is 1. The van der Waals surface area contributed by atoms with E-state index in [0.29, 0.717) is 5.75 Å². The quantitative estimate of drug-likeness (QED) is 0.245. The number of alkyl carbamates (subject to hydrolysis) is 1. The number of rotatable bonds is 14. The van der Waals surface area contributed by atoms with Crippen molar-refractivity contribution in [2.75, 3.05) is 11.5 Å². The molecule has 1 rings (SSSR count). The smallest absolute Gasteiger partial charge is 0.408 e. The molecule has 0 bridgehead atoms. The second-order valence-electron chi connectivity index (χ2n) is 8.09. The zero-order valence-corrected chi connectivity index (χ0v) is 20.5. The minimum Gasteiger partial charge on any atom is -0.480 e. The van der Waals surface area contributed by atoms with E-state index in [1.807, 2.05) is 30.3 Å². The van der Waals surface area contributed by atoms with Crippen LogP contribution < -0.4 is 5.32 Å². The van der Waals surface area contributed by atoms with Crippen molar-refractivity contribution in [3.63, 3.8) is 0 Å². The van der Waals surface area contributed by atoms with Crippen molar-refractivity contribution < 1.29 is 19.4 Å². The van der Waals surface area contributed by atoms with Crippen LogP contribution in [0.2, 0.25) is 0 Å². The van der Waals surface area contributed by atoms with E-state index >= 15 is 0 Å². The molecule has 1 aromatic carbocycles. The van der Waals surface area contributed by atoms with Gasteiger partial charge in [-0.2, -0.15) is 11.8 Å². The molecule has 1 aromatic rings. The van der Waals surface area contributed by atoms with Crippen LogP contribution in [0, 0.1) is 0 Å². The summed E-state index contributed by atoms with van der Waals surface area (Å²) in [6.07, 6.45) is 10.2. The van der Waals surface area contributed by atoms with E-state index in [4.69, 9.17) is 4.74 Å². The van der Waals surface area contributed by atoms with Gasteiger partial charge >= 0.3 is 12.1 Å². The molecule has 0 aliphatic heterocycles. The average Bonchev–Trinajstić information content (AvgIpc) is 2.74. The van der Waals surface area contributed by atoms with E-state index in [2.05, 4.69) is 51.2 Å². The number of aliphatic carboxylic acids is 1. The van der Waals surface area contributed by atoms with Crippen molar-refractivity contribution in [2.45, 2.75) is 66.0 Å². The SMILES string of the molecule is CC(C)=CCC/C(C)=C/CC/C(C)=C/CSC[C@H](NC(=O)OCc1ccccc1)C(=O)O. The Hall–Kier alpha value is -2.47. The number of amides is 1. The van der Waals surface area contributed by atoms with Crippen molar-refractivity contribution in [3.05, 3.63) is 70.8 Å². The van der Waals surface area contributed by atoms with Gasteiger partial charge in [-0.1, -0.05) is 65.3 Å². The number of allylic oxidation sites excluding steroid dienone is 5. The van der Waals surface area contributed by atoms with Crippen molar-refractivity contribution in [2.24, 2.45) is 0 Å². The molecule has 176 valence electrons. The number of carboxylic acids is 1. The van der Waals surface area contributed by atoms with Crippen LogP contribution in [-0.4, -0.2) is 34.7 Å². The first-order valence-electron chi connectivity index (χ1n) is 11.0. The Balaban J connectivity index is 2.30. The van der Waals surface area contributed by atoms with Crippen LogP contribution in [0.15, 0.2) is 65.3 Å². The Morgan fingerprint density at radius 1 is 1.00 bits per heavy atom. The van der Waals surface area contributed by atoms with Gasteiger partial charge < -0.3 is 15.2 Å². The zero-order valence-electron chi connectivity index (χ0n) is 19.7. The van der Waals surface area contributed by atoms with Gasteiger partial charge in [-0.3, -0.25) is 0 Å². The lowest BCUT2D eigenvalue weighted by Crippen LogP contribution is -2.42. The first kappa shape index (κ1) is 27.6. The Morgan fingerprint density at radius 3 is 2.25 bits per heavy atom. The van der Waals surface area contributed by atoms with E-state index in [1.54, 1.807) is 0 Å². The summed E-state index contributed by atoms with van der Waals surface area (Å²) in [4.78, 5) is 23.4. The van der Waals surface area contributed by atoms with Crippen molar-refractivity contribution in [1.82, 2.24) is 5.32 Å². The largest absolute Gasteiger partial charge is 0.480 e. The molecular formula is C26H37NO4S. The number of carbonyl (C=O) groups is 2. The molecule has 5 nitrogen and oxygen atoms in total.